The van der Waals surface area contributed by atoms with Crippen LogP contribution in [0.15, 0.2) is 0 Å². The molecule has 0 aromatic carbocycles. The zero-order chi connectivity index (χ0) is 12.4. The van der Waals surface area contributed by atoms with Crippen LogP contribution in [-0.2, 0) is 4.74 Å². The summed E-state index contributed by atoms with van der Waals surface area (Å²) in [7, 11) is 0. The van der Waals surface area contributed by atoms with E-state index in [0.29, 0.717) is 23.4 Å². The van der Waals surface area contributed by atoms with Crippen molar-refractivity contribution in [1.82, 2.24) is 5.32 Å². The fraction of sp³-hybridized carbons (Fsp3) is 0.933. The van der Waals surface area contributed by atoms with Crippen molar-refractivity contribution in [3.05, 3.63) is 0 Å². The molecule has 1 spiro atoms. The van der Waals surface area contributed by atoms with Gasteiger partial charge < -0.3 is 10.1 Å². The topological polar surface area (TPSA) is 45.0 Å². The SMILES string of the molecule is N#CC1CCC(NC2CCCC23CCOCC3)C1. The van der Waals surface area contributed by atoms with Crippen LogP contribution in [-0.4, -0.2) is 25.3 Å². The van der Waals surface area contributed by atoms with Gasteiger partial charge in [0.1, 0.15) is 0 Å². The first-order valence-electron chi connectivity index (χ1n) is 7.56. The molecule has 1 N–H and O–H groups in total. The van der Waals surface area contributed by atoms with Gasteiger partial charge in [-0.25, -0.2) is 0 Å². The Kier molecular flexibility index (Phi) is 3.59. The highest BCUT2D eigenvalue weighted by atomic mass is 16.5. The van der Waals surface area contributed by atoms with Gasteiger partial charge in [0.2, 0.25) is 0 Å². The molecule has 18 heavy (non-hydrogen) atoms. The number of nitriles is 1. The summed E-state index contributed by atoms with van der Waals surface area (Å²) in [5.74, 6) is 0.301. The quantitative estimate of drug-likeness (QED) is 0.817. The highest BCUT2D eigenvalue weighted by Gasteiger charge is 2.44. The molecule has 1 saturated heterocycles. The third kappa shape index (κ3) is 2.29. The number of hydrogen-bond donors (Lipinski definition) is 1. The van der Waals surface area contributed by atoms with Crippen LogP contribution in [0.4, 0.5) is 0 Å². The molecule has 0 amide bonds. The van der Waals surface area contributed by atoms with Crippen molar-refractivity contribution >= 4 is 0 Å². The first-order valence-corrected chi connectivity index (χ1v) is 7.56. The maximum absolute atomic E-state index is 8.99. The highest BCUT2D eigenvalue weighted by molar-refractivity contribution is 5.01. The third-order valence-corrected chi connectivity index (χ3v) is 5.45. The summed E-state index contributed by atoms with van der Waals surface area (Å²) < 4.78 is 5.54. The lowest BCUT2D eigenvalue weighted by Crippen LogP contribution is -2.48. The monoisotopic (exact) mass is 248 g/mol. The minimum atomic E-state index is 0.301. The van der Waals surface area contributed by atoms with Crippen molar-refractivity contribution in [3.8, 4) is 6.07 Å². The summed E-state index contributed by atoms with van der Waals surface area (Å²) in [5.41, 5.74) is 0.517. The standard InChI is InChI=1S/C15H24N2O/c16-11-12-3-4-13(10-12)17-14-2-1-5-15(14)6-8-18-9-7-15/h12-14,17H,1-10H2. The van der Waals surface area contributed by atoms with E-state index in [1.54, 1.807) is 0 Å². The minimum Gasteiger partial charge on any atom is -0.381 e. The molecule has 2 saturated carbocycles. The second kappa shape index (κ2) is 5.19. The smallest absolute Gasteiger partial charge is 0.0656 e. The largest absolute Gasteiger partial charge is 0.381 e. The predicted octanol–water partition coefficient (Wildman–Crippen LogP) is 2.62. The van der Waals surface area contributed by atoms with E-state index >= 15 is 0 Å². The number of rotatable bonds is 2. The second-order valence-electron chi connectivity index (χ2n) is 6.42. The van der Waals surface area contributed by atoms with E-state index in [0.717, 1.165) is 26.1 Å². The summed E-state index contributed by atoms with van der Waals surface area (Å²) in [6.07, 6.45) is 9.90. The molecule has 2 aliphatic carbocycles. The van der Waals surface area contributed by atoms with Crippen molar-refractivity contribution in [2.75, 3.05) is 13.2 Å². The van der Waals surface area contributed by atoms with Gasteiger partial charge in [-0.15, -0.1) is 0 Å². The lowest BCUT2D eigenvalue weighted by Gasteiger charge is -2.40. The maximum Gasteiger partial charge on any atom is 0.0656 e. The molecule has 0 aromatic heterocycles. The van der Waals surface area contributed by atoms with Crippen LogP contribution < -0.4 is 5.32 Å². The molecule has 3 atom stereocenters. The zero-order valence-corrected chi connectivity index (χ0v) is 11.2. The predicted molar refractivity (Wildman–Crippen MR) is 70.0 cm³/mol. The van der Waals surface area contributed by atoms with Crippen LogP contribution in [0.2, 0.25) is 0 Å². The van der Waals surface area contributed by atoms with E-state index in [1.165, 1.54) is 38.5 Å². The maximum atomic E-state index is 8.99. The number of hydrogen-bond acceptors (Lipinski definition) is 3. The summed E-state index contributed by atoms with van der Waals surface area (Å²) in [4.78, 5) is 0. The van der Waals surface area contributed by atoms with Gasteiger partial charge in [0.05, 0.1) is 6.07 Å². The normalized spacial score (nSPS) is 38.9. The lowest BCUT2D eigenvalue weighted by molar-refractivity contribution is 0.00256. The van der Waals surface area contributed by atoms with E-state index in [4.69, 9.17) is 10.00 Å². The van der Waals surface area contributed by atoms with Gasteiger partial charge in [-0.3, -0.25) is 0 Å². The van der Waals surface area contributed by atoms with Crippen molar-refractivity contribution in [1.29, 1.82) is 5.26 Å². The van der Waals surface area contributed by atoms with E-state index in [2.05, 4.69) is 11.4 Å². The second-order valence-corrected chi connectivity index (χ2v) is 6.42. The average Bonchev–Trinajstić information content (AvgIpc) is 3.00. The van der Waals surface area contributed by atoms with Gasteiger partial charge in [-0.1, -0.05) is 6.42 Å². The van der Waals surface area contributed by atoms with Gasteiger partial charge in [0.25, 0.3) is 0 Å². The van der Waals surface area contributed by atoms with Gasteiger partial charge in [-0.2, -0.15) is 5.26 Å². The third-order valence-electron chi connectivity index (χ3n) is 5.45. The first-order chi connectivity index (χ1) is 8.82. The summed E-state index contributed by atoms with van der Waals surface area (Å²) in [6.45, 7) is 1.90. The highest BCUT2D eigenvalue weighted by Crippen LogP contribution is 2.46. The van der Waals surface area contributed by atoms with E-state index in [1.807, 2.05) is 0 Å². The van der Waals surface area contributed by atoms with Gasteiger partial charge in [0, 0.05) is 31.2 Å². The fourth-order valence-corrected chi connectivity index (χ4v) is 4.31. The molecule has 3 heteroatoms. The molecular weight excluding hydrogens is 224 g/mol. The van der Waals surface area contributed by atoms with Gasteiger partial charge >= 0.3 is 0 Å². The molecule has 3 aliphatic rings. The van der Waals surface area contributed by atoms with Crippen molar-refractivity contribution in [2.24, 2.45) is 11.3 Å². The fourth-order valence-electron chi connectivity index (χ4n) is 4.31. The van der Waals surface area contributed by atoms with Crippen molar-refractivity contribution in [2.45, 2.75) is 63.5 Å². The van der Waals surface area contributed by atoms with E-state index < -0.39 is 0 Å². The molecule has 1 heterocycles. The van der Waals surface area contributed by atoms with Crippen LogP contribution in [0.1, 0.15) is 51.4 Å². The Hall–Kier alpha value is -0.590. The van der Waals surface area contributed by atoms with Crippen LogP contribution in [0, 0.1) is 22.7 Å². The van der Waals surface area contributed by atoms with Crippen molar-refractivity contribution < 1.29 is 4.74 Å². The van der Waals surface area contributed by atoms with Gasteiger partial charge in [-0.05, 0) is 50.4 Å². The Labute approximate surface area is 110 Å². The first kappa shape index (κ1) is 12.4. The van der Waals surface area contributed by atoms with Crippen LogP contribution in [0.3, 0.4) is 0 Å². The molecule has 3 unspecified atom stereocenters. The minimum absolute atomic E-state index is 0.301. The molecule has 0 bridgehead atoms. The van der Waals surface area contributed by atoms with E-state index in [-0.39, 0.29) is 0 Å². The van der Waals surface area contributed by atoms with Crippen LogP contribution in [0.5, 0.6) is 0 Å². The molecule has 3 rings (SSSR count). The van der Waals surface area contributed by atoms with Crippen LogP contribution >= 0.6 is 0 Å². The number of nitrogens with one attached hydrogen (secondary N) is 1. The Morgan fingerprint density at radius 3 is 2.67 bits per heavy atom. The molecule has 0 radical (unpaired) electrons. The molecule has 100 valence electrons. The zero-order valence-electron chi connectivity index (χ0n) is 11.2. The average molecular weight is 248 g/mol. The van der Waals surface area contributed by atoms with Gasteiger partial charge in [0.15, 0.2) is 0 Å². The Balaban J connectivity index is 1.60. The molecule has 3 fully saturated rings. The number of ether oxygens (including phenoxy) is 1. The summed E-state index contributed by atoms with van der Waals surface area (Å²) in [5, 5.41) is 12.9. The van der Waals surface area contributed by atoms with Crippen molar-refractivity contribution in [3.63, 3.8) is 0 Å². The molecule has 3 nitrogen and oxygen atoms in total. The lowest BCUT2D eigenvalue weighted by atomic mass is 9.75. The number of nitrogens with zero attached hydrogens (tertiary/aromatic N) is 1. The van der Waals surface area contributed by atoms with E-state index in [9.17, 15) is 0 Å². The Morgan fingerprint density at radius 1 is 1.11 bits per heavy atom. The molecule has 0 aromatic rings. The molecule has 1 aliphatic heterocycles. The summed E-state index contributed by atoms with van der Waals surface area (Å²) >= 11 is 0. The summed E-state index contributed by atoms with van der Waals surface area (Å²) in [6, 6.07) is 3.71. The molecular formula is C15H24N2O. The van der Waals surface area contributed by atoms with Crippen LogP contribution in [0.25, 0.3) is 0 Å². The Morgan fingerprint density at radius 2 is 1.94 bits per heavy atom. The Bertz CT molecular complexity index is 330.